The molecule has 4 fully saturated rings. The van der Waals surface area contributed by atoms with E-state index in [1.165, 1.54) is 19.3 Å². The van der Waals surface area contributed by atoms with Gasteiger partial charge in [0.1, 0.15) is 11.6 Å². The molecule has 4 heteroatoms. The second-order valence-corrected chi connectivity index (χ2v) is 10.9. The molecule has 4 aliphatic rings. The van der Waals surface area contributed by atoms with Crippen molar-refractivity contribution in [3.8, 4) is 0 Å². The number of hydrogen-bond acceptors (Lipinski definition) is 3. The lowest BCUT2D eigenvalue weighted by Gasteiger charge is -2.59. The summed E-state index contributed by atoms with van der Waals surface area (Å²) >= 11 is 0. The van der Waals surface area contributed by atoms with E-state index in [-0.39, 0.29) is 41.4 Å². The Labute approximate surface area is 168 Å². The van der Waals surface area contributed by atoms with Crippen LogP contribution in [0.2, 0.25) is 0 Å². The molecule has 0 aromatic carbocycles. The number of aliphatic carboxylic acids is 1. The van der Waals surface area contributed by atoms with Gasteiger partial charge in [-0.3, -0.25) is 14.4 Å². The first-order chi connectivity index (χ1) is 13.2. The Balaban J connectivity index is 1.63. The average Bonchev–Trinajstić information content (AvgIpc) is 3.00. The number of fused-ring (bicyclic) bond motifs is 5. The van der Waals surface area contributed by atoms with Crippen molar-refractivity contribution in [2.24, 2.45) is 46.3 Å². The minimum Gasteiger partial charge on any atom is -0.481 e. The van der Waals surface area contributed by atoms with Gasteiger partial charge >= 0.3 is 5.97 Å². The van der Waals surface area contributed by atoms with Gasteiger partial charge in [-0.1, -0.05) is 33.6 Å². The van der Waals surface area contributed by atoms with Gasteiger partial charge in [-0.05, 0) is 67.1 Å². The molecule has 0 bridgehead atoms. The third-order valence-electron chi connectivity index (χ3n) is 9.82. The first kappa shape index (κ1) is 20.1. The number of carbonyl (C=O) groups excluding carboxylic acids is 2. The van der Waals surface area contributed by atoms with Crippen molar-refractivity contribution in [1.29, 1.82) is 0 Å². The zero-order chi connectivity index (χ0) is 20.3. The van der Waals surface area contributed by atoms with Gasteiger partial charge in [-0.25, -0.2) is 0 Å². The number of carboxylic acid groups (broad SMARTS) is 1. The summed E-state index contributed by atoms with van der Waals surface area (Å²) in [6.45, 7) is 6.61. The maximum absolute atomic E-state index is 13.6. The van der Waals surface area contributed by atoms with Crippen molar-refractivity contribution in [3.63, 3.8) is 0 Å². The number of Topliss-reactive ketones (excluding diaryl/α,β-unsaturated/α-hetero) is 2. The molecule has 0 spiro atoms. The van der Waals surface area contributed by atoms with E-state index in [0.29, 0.717) is 30.3 Å². The normalized spacial score (nSPS) is 46.5. The smallest absolute Gasteiger partial charge is 0.303 e. The van der Waals surface area contributed by atoms with Crippen LogP contribution in [-0.4, -0.2) is 22.6 Å². The quantitative estimate of drug-likeness (QED) is 0.744. The van der Waals surface area contributed by atoms with Gasteiger partial charge in [0, 0.05) is 30.6 Å². The molecule has 28 heavy (non-hydrogen) atoms. The van der Waals surface area contributed by atoms with Crippen LogP contribution in [0, 0.1) is 46.3 Å². The largest absolute Gasteiger partial charge is 0.481 e. The van der Waals surface area contributed by atoms with Gasteiger partial charge in [0.05, 0.1) is 0 Å². The van der Waals surface area contributed by atoms with Crippen LogP contribution >= 0.6 is 0 Å². The molecule has 0 aliphatic heterocycles. The number of carbonyl (C=O) groups is 3. The van der Waals surface area contributed by atoms with Crippen molar-refractivity contribution in [3.05, 3.63) is 0 Å². The summed E-state index contributed by atoms with van der Waals surface area (Å²) in [5.74, 6) is 1.39. The molecule has 4 rings (SSSR count). The van der Waals surface area contributed by atoms with E-state index in [9.17, 15) is 14.4 Å². The lowest BCUT2D eigenvalue weighted by atomic mass is 9.44. The molecule has 0 unspecified atom stereocenters. The summed E-state index contributed by atoms with van der Waals surface area (Å²) in [6.07, 6.45) is 8.77. The predicted octanol–water partition coefficient (Wildman–Crippen LogP) is 4.89. The minimum atomic E-state index is -0.764. The molecular formula is C24H36O4. The number of hydrogen-bond donors (Lipinski definition) is 1. The molecule has 0 amide bonds. The Hall–Kier alpha value is -1.19. The lowest BCUT2D eigenvalue weighted by Crippen LogP contribution is -2.59. The van der Waals surface area contributed by atoms with Crippen LogP contribution in [0.15, 0.2) is 0 Å². The third kappa shape index (κ3) is 2.81. The fourth-order valence-corrected chi connectivity index (χ4v) is 8.18. The molecule has 4 aliphatic carbocycles. The molecule has 1 N–H and O–H groups in total. The Kier molecular flexibility index (Phi) is 4.99. The molecule has 0 aromatic rings. The molecular weight excluding hydrogens is 352 g/mol. The zero-order valence-electron chi connectivity index (χ0n) is 17.7. The third-order valence-corrected chi connectivity index (χ3v) is 9.82. The van der Waals surface area contributed by atoms with Crippen LogP contribution in [0.3, 0.4) is 0 Å². The van der Waals surface area contributed by atoms with Crippen molar-refractivity contribution < 1.29 is 19.5 Å². The summed E-state index contributed by atoms with van der Waals surface area (Å²) in [5, 5.41) is 9.07. The minimum absolute atomic E-state index is 0.0544. The van der Waals surface area contributed by atoms with Crippen molar-refractivity contribution in [2.75, 3.05) is 0 Å². The van der Waals surface area contributed by atoms with Crippen molar-refractivity contribution in [1.82, 2.24) is 0 Å². The molecule has 0 radical (unpaired) electrons. The summed E-state index contributed by atoms with van der Waals surface area (Å²) in [4.78, 5) is 38.0. The van der Waals surface area contributed by atoms with Gasteiger partial charge in [0.15, 0.2) is 0 Å². The second-order valence-electron chi connectivity index (χ2n) is 10.9. The summed E-state index contributed by atoms with van der Waals surface area (Å²) in [6, 6.07) is 0. The summed E-state index contributed by atoms with van der Waals surface area (Å²) < 4.78 is 0. The van der Waals surface area contributed by atoms with E-state index in [4.69, 9.17) is 5.11 Å². The van der Waals surface area contributed by atoms with Crippen LogP contribution in [0.1, 0.15) is 85.0 Å². The van der Waals surface area contributed by atoms with Gasteiger partial charge in [0.25, 0.3) is 0 Å². The fraction of sp³-hybridized carbons (Fsp3) is 0.875. The highest BCUT2D eigenvalue weighted by Crippen LogP contribution is 2.66. The monoisotopic (exact) mass is 388 g/mol. The van der Waals surface area contributed by atoms with Crippen molar-refractivity contribution in [2.45, 2.75) is 85.0 Å². The average molecular weight is 389 g/mol. The SMILES string of the molecule is C[C@H](CCC(=O)O)[C@H]1CC[C@H]2[C@@H]3C(=O)C[C@@H]4CCCC[C@]4(C)[C@H]3CC(=O)[C@]12C. The Bertz CT molecular complexity index is 684. The molecule has 0 heterocycles. The zero-order valence-corrected chi connectivity index (χ0v) is 17.7. The molecule has 4 saturated carbocycles. The molecule has 0 aromatic heterocycles. The van der Waals surface area contributed by atoms with E-state index in [1.807, 2.05) is 0 Å². The molecule has 8 atom stereocenters. The van der Waals surface area contributed by atoms with E-state index in [1.54, 1.807) is 0 Å². The van der Waals surface area contributed by atoms with Gasteiger partial charge in [-0.2, -0.15) is 0 Å². The first-order valence-corrected chi connectivity index (χ1v) is 11.5. The Morgan fingerprint density at radius 1 is 1.11 bits per heavy atom. The molecule has 4 nitrogen and oxygen atoms in total. The van der Waals surface area contributed by atoms with Gasteiger partial charge in [-0.15, -0.1) is 0 Å². The van der Waals surface area contributed by atoms with E-state index in [0.717, 1.165) is 25.7 Å². The van der Waals surface area contributed by atoms with Crippen LogP contribution in [0.5, 0.6) is 0 Å². The highest BCUT2D eigenvalue weighted by molar-refractivity contribution is 5.92. The maximum Gasteiger partial charge on any atom is 0.303 e. The van der Waals surface area contributed by atoms with E-state index in [2.05, 4.69) is 20.8 Å². The van der Waals surface area contributed by atoms with E-state index >= 15 is 0 Å². The molecule has 156 valence electrons. The highest BCUT2D eigenvalue weighted by Gasteiger charge is 2.65. The van der Waals surface area contributed by atoms with Crippen LogP contribution < -0.4 is 0 Å². The Morgan fingerprint density at radius 3 is 2.57 bits per heavy atom. The second kappa shape index (κ2) is 6.95. The predicted molar refractivity (Wildman–Crippen MR) is 107 cm³/mol. The summed E-state index contributed by atoms with van der Waals surface area (Å²) in [5.41, 5.74) is -0.284. The number of rotatable bonds is 4. The maximum atomic E-state index is 13.6. The van der Waals surface area contributed by atoms with E-state index < -0.39 is 11.4 Å². The van der Waals surface area contributed by atoms with Crippen LogP contribution in [-0.2, 0) is 14.4 Å². The van der Waals surface area contributed by atoms with Crippen LogP contribution in [0.25, 0.3) is 0 Å². The molecule has 0 saturated heterocycles. The topological polar surface area (TPSA) is 71.4 Å². The first-order valence-electron chi connectivity index (χ1n) is 11.5. The Morgan fingerprint density at radius 2 is 1.86 bits per heavy atom. The van der Waals surface area contributed by atoms with Crippen molar-refractivity contribution >= 4 is 17.5 Å². The van der Waals surface area contributed by atoms with Gasteiger partial charge < -0.3 is 5.11 Å². The van der Waals surface area contributed by atoms with Crippen LogP contribution in [0.4, 0.5) is 0 Å². The number of carboxylic acids is 1. The number of ketones is 2. The fourth-order valence-electron chi connectivity index (χ4n) is 8.18. The standard InChI is InChI=1S/C24H36O4/c1-14(7-10-21(27)28)16-8-9-17-22-18(13-20(26)24(16,17)3)23(2)11-5-4-6-15(23)12-19(22)25/h14-18,22H,4-13H2,1-3H3,(H,27,28)/t14-,15+,16-,17+,18+,22+,23+,24-/m1/s1. The summed E-state index contributed by atoms with van der Waals surface area (Å²) in [7, 11) is 0. The lowest BCUT2D eigenvalue weighted by molar-refractivity contribution is -0.165. The van der Waals surface area contributed by atoms with Gasteiger partial charge in [0.2, 0.25) is 0 Å². The highest BCUT2D eigenvalue weighted by atomic mass is 16.4.